The summed E-state index contributed by atoms with van der Waals surface area (Å²) >= 11 is 0. The van der Waals surface area contributed by atoms with Crippen molar-refractivity contribution in [3.8, 4) is 0 Å². The van der Waals surface area contributed by atoms with Crippen LogP contribution in [-0.4, -0.2) is 17.6 Å². The number of hydrogen-bond acceptors (Lipinski definition) is 4. The van der Waals surface area contributed by atoms with Crippen molar-refractivity contribution >= 4 is 11.6 Å². The van der Waals surface area contributed by atoms with Crippen LogP contribution >= 0.6 is 0 Å². The minimum absolute atomic E-state index is 0.0937. The monoisotopic (exact) mass is 257 g/mol. The molecule has 0 saturated carbocycles. The zero-order chi connectivity index (χ0) is 13.2. The average molecular weight is 257 g/mol. The van der Waals surface area contributed by atoms with Gasteiger partial charge in [0.1, 0.15) is 0 Å². The van der Waals surface area contributed by atoms with Crippen LogP contribution in [0.1, 0.15) is 27.4 Å². The van der Waals surface area contributed by atoms with Gasteiger partial charge in [-0.05, 0) is 37.1 Å². The second kappa shape index (κ2) is 4.76. The Bertz CT molecular complexity index is 619. The maximum Gasteiger partial charge on any atom is 0.251 e. The van der Waals surface area contributed by atoms with Gasteiger partial charge in [-0.2, -0.15) is 0 Å². The van der Waals surface area contributed by atoms with E-state index in [1.54, 1.807) is 0 Å². The van der Waals surface area contributed by atoms with E-state index in [1.165, 1.54) is 5.56 Å². The largest absolute Gasteiger partial charge is 0.384 e. The lowest BCUT2D eigenvalue weighted by atomic mass is 10.1. The predicted molar refractivity (Wildman–Crippen MR) is 71.0 cm³/mol. The zero-order valence-corrected chi connectivity index (χ0v) is 10.7. The van der Waals surface area contributed by atoms with Gasteiger partial charge in [-0.25, -0.2) is 0 Å². The third kappa shape index (κ3) is 2.45. The number of carbonyl (C=O) groups excluding carboxylic acids is 1. The summed E-state index contributed by atoms with van der Waals surface area (Å²) in [6.45, 7) is 3.15. The molecule has 0 unspecified atom stereocenters. The summed E-state index contributed by atoms with van der Waals surface area (Å²) in [7, 11) is 0. The highest BCUT2D eigenvalue weighted by molar-refractivity contribution is 5.95. The molecule has 0 saturated heterocycles. The van der Waals surface area contributed by atoms with E-state index in [1.807, 2.05) is 31.2 Å². The number of nitrogens with zero attached hydrogens (tertiary/aromatic N) is 1. The molecule has 2 aromatic rings. The molecule has 1 aliphatic rings. The maximum atomic E-state index is 12.0. The Morgan fingerprint density at radius 2 is 2.37 bits per heavy atom. The fraction of sp³-hybridized carbons (Fsp3) is 0.286. The molecule has 2 N–H and O–H groups in total. The third-order valence-electron chi connectivity index (χ3n) is 3.18. The molecule has 0 radical (unpaired) electrons. The van der Waals surface area contributed by atoms with Crippen molar-refractivity contribution in [2.45, 2.75) is 19.9 Å². The first-order valence-electron chi connectivity index (χ1n) is 6.29. The Balaban J connectivity index is 1.67. The number of nitrogens with one attached hydrogen (secondary N) is 2. The van der Waals surface area contributed by atoms with Gasteiger partial charge >= 0.3 is 0 Å². The van der Waals surface area contributed by atoms with Crippen LogP contribution < -0.4 is 10.6 Å². The summed E-state index contributed by atoms with van der Waals surface area (Å²) in [6, 6.07) is 7.54. The molecule has 1 amide bonds. The number of amides is 1. The predicted octanol–water partition coefficient (Wildman–Crippen LogP) is 1.88. The lowest BCUT2D eigenvalue weighted by Crippen LogP contribution is -2.22. The number of hydrogen-bond donors (Lipinski definition) is 2. The molecule has 1 aromatic carbocycles. The van der Waals surface area contributed by atoms with E-state index in [0.29, 0.717) is 17.9 Å². The fourth-order valence-corrected chi connectivity index (χ4v) is 2.22. The molecule has 5 nitrogen and oxygen atoms in total. The molecule has 0 spiro atoms. The Labute approximate surface area is 111 Å². The molecule has 0 fully saturated rings. The van der Waals surface area contributed by atoms with Crippen LogP contribution in [0.4, 0.5) is 5.69 Å². The number of anilines is 1. The van der Waals surface area contributed by atoms with Crippen LogP contribution in [0.15, 0.2) is 28.8 Å². The van der Waals surface area contributed by atoms with Gasteiger partial charge in [0, 0.05) is 23.9 Å². The maximum absolute atomic E-state index is 12.0. The second-order valence-corrected chi connectivity index (χ2v) is 4.67. The Morgan fingerprint density at radius 1 is 1.47 bits per heavy atom. The number of aryl methyl sites for hydroxylation is 1. The number of carbonyl (C=O) groups is 1. The standard InChI is InChI=1S/C14H15N3O2/c1-9-6-12(19-17-9)8-16-14(18)11-2-3-13-10(7-11)4-5-15-13/h2-3,6-7,15H,4-5,8H2,1H3,(H,16,18). The van der Waals surface area contributed by atoms with E-state index in [4.69, 9.17) is 4.52 Å². The molecule has 5 heteroatoms. The third-order valence-corrected chi connectivity index (χ3v) is 3.18. The molecular formula is C14H15N3O2. The van der Waals surface area contributed by atoms with E-state index in [9.17, 15) is 4.79 Å². The van der Waals surface area contributed by atoms with Crippen LogP contribution in [0, 0.1) is 6.92 Å². The Morgan fingerprint density at radius 3 is 3.16 bits per heavy atom. The average Bonchev–Trinajstić information content (AvgIpc) is 3.03. The van der Waals surface area contributed by atoms with Gasteiger partial charge in [0.05, 0.1) is 12.2 Å². The molecular weight excluding hydrogens is 242 g/mol. The summed E-state index contributed by atoms with van der Waals surface area (Å²) in [5.41, 5.74) is 3.82. The van der Waals surface area contributed by atoms with E-state index in [2.05, 4.69) is 15.8 Å². The lowest BCUT2D eigenvalue weighted by Gasteiger charge is -2.05. The smallest absolute Gasteiger partial charge is 0.251 e. The van der Waals surface area contributed by atoms with Gasteiger partial charge in [0.15, 0.2) is 5.76 Å². The van der Waals surface area contributed by atoms with Crippen LogP contribution in [0.2, 0.25) is 0 Å². The van der Waals surface area contributed by atoms with E-state index in [0.717, 1.165) is 24.3 Å². The first-order chi connectivity index (χ1) is 9.22. The van der Waals surface area contributed by atoms with E-state index < -0.39 is 0 Å². The molecule has 98 valence electrons. The molecule has 19 heavy (non-hydrogen) atoms. The highest BCUT2D eigenvalue weighted by Gasteiger charge is 2.13. The number of aromatic nitrogens is 1. The van der Waals surface area contributed by atoms with Crippen molar-refractivity contribution in [1.82, 2.24) is 10.5 Å². The topological polar surface area (TPSA) is 67.2 Å². The number of benzene rings is 1. The molecule has 0 aliphatic carbocycles. The van der Waals surface area contributed by atoms with Crippen molar-refractivity contribution in [2.24, 2.45) is 0 Å². The Kier molecular flexibility index (Phi) is 2.95. The van der Waals surface area contributed by atoms with Gasteiger partial charge in [-0.15, -0.1) is 0 Å². The highest BCUT2D eigenvalue weighted by atomic mass is 16.5. The molecule has 3 rings (SSSR count). The number of fused-ring (bicyclic) bond motifs is 1. The van der Waals surface area contributed by atoms with Gasteiger partial charge in [0.2, 0.25) is 0 Å². The van der Waals surface area contributed by atoms with Gasteiger partial charge < -0.3 is 15.2 Å². The summed E-state index contributed by atoms with van der Waals surface area (Å²) < 4.78 is 5.05. The normalized spacial score (nSPS) is 12.9. The van der Waals surface area contributed by atoms with Crippen LogP contribution in [0.3, 0.4) is 0 Å². The molecule has 0 atom stereocenters. The first kappa shape index (κ1) is 11.8. The lowest BCUT2D eigenvalue weighted by molar-refractivity contribution is 0.0947. The van der Waals surface area contributed by atoms with Crippen molar-refractivity contribution in [1.29, 1.82) is 0 Å². The number of rotatable bonds is 3. The summed E-state index contributed by atoms with van der Waals surface area (Å²) in [5, 5.41) is 9.88. The van der Waals surface area contributed by atoms with Gasteiger partial charge in [-0.3, -0.25) is 4.79 Å². The zero-order valence-electron chi connectivity index (χ0n) is 10.7. The molecule has 0 bridgehead atoms. The van der Waals surface area contributed by atoms with Crippen molar-refractivity contribution in [3.05, 3.63) is 46.8 Å². The minimum atomic E-state index is -0.0937. The van der Waals surface area contributed by atoms with E-state index in [-0.39, 0.29) is 5.91 Å². The SMILES string of the molecule is Cc1cc(CNC(=O)c2ccc3c(c2)CCN3)on1. The van der Waals surface area contributed by atoms with Crippen molar-refractivity contribution < 1.29 is 9.32 Å². The van der Waals surface area contributed by atoms with Crippen molar-refractivity contribution in [3.63, 3.8) is 0 Å². The molecule has 1 aromatic heterocycles. The first-order valence-corrected chi connectivity index (χ1v) is 6.29. The highest BCUT2D eigenvalue weighted by Crippen LogP contribution is 2.22. The Hall–Kier alpha value is -2.30. The van der Waals surface area contributed by atoms with Gasteiger partial charge in [0.25, 0.3) is 5.91 Å². The quantitative estimate of drug-likeness (QED) is 0.881. The summed E-state index contributed by atoms with van der Waals surface area (Å²) in [5.74, 6) is 0.567. The van der Waals surface area contributed by atoms with Gasteiger partial charge in [-0.1, -0.05) is 5.16 Å². The summed E-state index contributed by atoms with van der Waals surface area (Å²) in [4.78, 5) is 12.0. The fourth-order valence-electron chi connectivity index (χ4n) is 2.22. The molecule has 2 heterocycles. The minimum Gasteiger partial charge on any atom is -0.384 e. The van der Waals surface area contributed by atoms with Crippen LogP contribution in [0.25, 0.3) is 0 Å². The van der Waals surface area contributed by atoms with Crippen LogP contribution in [-0.2, 0) is 13.0 Å². The van der Waals surface area contributed by atoms with E-state index >= 15 is 0 Å². The summed E-state index contributed by atoms with van der Waals surface area (Å²) in [6.07, 6.45) is 0.970. The second-order valence-electron chi connectivity index (χ2n) is 4.67. The van der Waals surface area contributed by atoms with Crippen molar-refractivity contribution in [2.75, 3.05) is 11.9 Å². The molecule has 1 aliphatic heterocycles. The van der Waals surface area contributed by atoms with Crippen LogP contribution in [0.5, 0.6) is 0 Å².